The third-order valence-electron chi connectivity index (χ3n) is 5.04. The molecule has 0 aliphatic heterocycles. The van der Waals surface area contributed by atoms with E-state index in [1.807, 2.05) is 60.7 Å². The number of nitrogens with zero attached hydrogens (tertiary/aromatic N) is 2. The largest absolute Gasteiger partial charge is 0.497 e. The second-order valence-corrected chi connectivity index (χ2v) is 7.40. The molecule has 0 saturated heterocycles. The van der Waals surface area contributed by atoms with E-state index in [-0.39, 0.29) is 24.8 Å². The van der Waals surface area contributed by atoms with E-state index in [2.05, 4.69) is 6.58 Å². The van der Waals surface area contributed by atoms with Crippen molar-refractivity contribution in [1.29, 1.82) is 0 Å². The summed E-state index contributed by atoms with van der Waals surface area (Å²) in [5.41, 5.74) is 1.86. The minimum absolute atomic E-state index is 0.0332. The average molecular weight is 433 g/mol. The van der Waals surface area contributed by atoms with Crippen LogP contribution in [-0.4, -0.2) is 41.8 Å². The maximum atomic E-state index is 13.2. The molecule has 2 amide bonds. The molecule has 6 heteroatoms. The molecule has 3 rings (SSSR count). The Balaban J connectivity index is 1.70. The first-order valence-electron chi connectivity index (χ1n) is 10.4. The highest BCUT2D eigenvalue weighted by Crippen LogP contribution is 2.14. The third-order valence-corrected chi connectivity index (χ3v) is 5.04. The molecule has 0 bridgehead atoms. The van der Waals surface area contributed by atoms with Gasteiger partial charge in [0.1, 0.15) is 18.1 Å². The lowest BCUT2D eigenvalue weighted by Gasteiger charge is -2.27. The van der Waals surface area contributed by atoms with Crippen molar-refractivity contribution in [3.05, 3.63) is 103 Å². The zero-order valence-corrected chi connectivity index (χ0v) is 18.3. The molecule has 0 atom stereocenters. The normalized spacial score (nSPS) is 10.4. The number of amides is 2. The van der Waals surface area contributed by atoms with E-state index in [1.54, 1.807) is 30.4 Å². The number of carbonyl (C=O) groups is 2. The van der Waals surface area contributed by atoms with Gasteiger partial charge in [-0.05, 0) is 35.4 Å². The number of hydrogen-bond acceptors (Lipinski definition) is 4. The smallest absolute Gasteiger partial charge is 0.242 e. The molecule has 0 aliphatic carbocycles. The third kappa shape index (κ3) is 6.60. The molecule has 166 valence electrons. The van der Waals surface area contributed by atoms with Crippen molar-refractivity contribution in [1.82, 2.24) is 9.80 Å². The minimum atomic E-state index is -0.157. The Morgan fingerprint density at radius 2 is 1.66 bits per heavy atom. The maximum Gasteiger partial charge on any atom is 0.242 e. The van der Waals surface area contributed by atoms with Crippen LogP contribution in [0.4, 0.5) is 0 Å². The highest BCUT2D eigenvalue weighted by Gasteiger charge is 2.22. The second kappa shape index (κ2) is 11.6. The standard InChI is InChI=1S/C26H28N2O4/c1-3-15-27(25(29)17-21-11-13-23(31-2)14-12-21)20-26(30)28(19-24-10-7-16-32-24)18-22-8-5-4-6-9-22/h3-14,16H,1,15,17-20H2,2H3. The summed E-state index contributed by atoms with van der Waals surface area (Å²) in [7, 11) is 1.60. The van der Waals surface area contributed by atoms with E-state index in [4.69, 9.17) is 9.15 Å². The maximum absolute atomic E-state index is 13.2. The van der Waals surface area contributed by atoms with Crippen LogP contribution in [0.2, 0.25) is 0 Å². The van der Waals surface area contributed by atoms with Crippen molar-refractivity contribution in [2.45, 2.75) is 19.5 Å². The van der Waals surface area contributed by atoms with Crippen LogP contribution in [0.25, 0.3) is 0 Å². The summed E-state index contributed by atoms with van der Waals surface area (Å²) in [6, 6.07) is 20.7. The topological polar surface area (TPSA) is 63.0 Å². The molecular formula is C26H28N2O4. The Hall–Kier alpha value is -3.80. The van der Waals surface area contributed by atoms with Gasteiger partial charge in [-0.3, -0.25) is 9.59 Å². The van der Waals surface area contributed by atoms with Gasteiger partial charge in [0.15, 0.2) is 0 Å². The first-order valence-corrected chi connectivity index (χ1v) is 10.4. The van der Waals surface area contributed by atoms with Crippen LogP contribution in [0, 0.1) is 0 Å². The Labute approximate surface area is 188 Å². The van der Waals surface area contributed by atoms with Crippen LogP contribution in [0.1, 0.15) is 16.9 Å². The van der Waals surface area contributed by atoms with Crippen LogP contribution in [0.15, 0.2) is 90.1 Å². The molecular weight excluding hydrogens is 404 g/mol. The number of carbonyl (C=O) groups excluding carboxylic acids is 2. The van der Waals surface area contributed by atoms with Crippen LogP contribution in [0.5, 0.6) is 5.75 Å². The second-order valence-electron chi connectivity index (χ2n) is 7.40. The summed E-state index contributed by atoms with van der Waals surface area (Å²) in [5, 5.41) is 0. The number of rotatable bonds is 11. The van der Waals surface area contributed by atoms with E-state index >= 15 is 0 Å². The first-order chi connectivity index (χ1) is 15.6. The summed E-state index contributed by atoms with van der Waals surface area (Å²) in [6.07, 6.45) is 3.41. The molecule has 0 aliphatic rings. The molecule has 1 heterocycles. The number of furan rings is 1. The van der Waals surface area contributed by atoms with Gasteiger partial charge in [0.05, 0.1) is 26.3 Å². The fraction of sp³-hybridized carbons (Fsp3) is 0.231. The summed E-state index contributed by atoms with van der Waals surface area (Å²) < 4.78 is 10.6. The van der Waals surface area contributed by atoms with Gasteiger partial charge in [-0.1, -0.05) is 48.5 Å². The molecule has 32 heavy (non-hydrogen) atoms. The van der Waals surface area contributed by atoms with Crippen molar-refractivity contribution in [2.75, 3.05) is 20.2 Å². The van der Waals surface area contributed by atoms with Crippen molar-refractivity contribution in [3.63, 3.8) is 0 Å². The van der Waals surface area contributed by atoms with Gasteiger partial charge in [-0.15, -0.1) is 6.58 Å². The molecule has 6 nitrogen and oxygen atoms in total. The molecule has 0 N–H and O–H groups in total. The zero-order chi connectivity index (χ0) is 22.8. The van der Waals surface area contributed by atoms with E-state index < -0.39 is 0 Å². The highest BCUT2D eigenvalue weighted by atomic mass is 16.5. The molecule has 0 radical (unpaired) electrons. The SMILES string of the molecule is C=CCN(CC(=O)N(Cc1ccccc1)Cc1ccco1)C(=O)Cc1ccc(OC)cc1. The molecule has 2 aromatic carbocycles. The van der Waals surface area contributed by atoms with Crippen molar-refractivity contribution < 1.29 is 18.7 Å². The van der Waals surface area contributed by atoms with Gasteiger partial charge in [-0.2, -0.15) is 0 Å². The monoisotopic (exact) mass is 432 g/mol. The lowest BCUT2D eigenvalue weighted by molar-refractivity contribution is -0.140. The lowest BCUT2D eigenvalue weighted by atomic mass is 10.1. The summed E-state index contributed by atoms with van der Waals surface area (Å²) in [4.78, 5) is 29.4. The predicted octanol–water partition coefficient (Wildman–Crippen LogP) is 4.07. The fourth-order valence-corrected chi connectivity index (χ4v) is 3.33. The quantitative estimate of drug-likeness (QED) is 0.429. The Morgan fingerprint density at radius 3 is 2.28 bits per heavy atom. The van der Waals surface area contributed by atoms with Crippen LogP contribution < -0.4 is 4.74 Å². The Kier molecular flexibility index (Phi) is 8.26. The fourth-order valence-electron chi connectivity index (χ4n) is 3.33. The number of methoxy groups -OCH3 is 1. The van der Waals surface area contributed by atoms with Gasteiger partial charge < -0.3 is 19.0 Å². The minimum Gasteiger partial charge on any atom is -0.497 e. The number of benzene rings is 2. The molecule has 0 spiro atoms. The van der Waals surface area contributed by atoms with Crippen molar-refractivity contribution in [2.24, 2.45) is 0 Å². The molecule has 0 fully saturated rings. The molecule has 3 aromatic rings. The number of hydrogen-bond donors (Lipinski definition) is 0. The van der Waals surface area contributed by atoms with Gasteiger partial charge >= 0.3 is 0 Å². The zero-order valence-electron chi connectivity index (χ0n) is 18.3. The van der Waals surface area contributed by atoms with E-state index in [0.29, 0.717) is 25.4 Å². The van der Waals surface area contributed by atoms with Crippen LogP contribution in [-0.2, 0) is 29.1 Å². The van der Waals surface area contributed by atoms with E-state index in [0.717, 1.165) is 16.9 Å². The summed E-state index contributed by atoms with van der Waals surface area (Å²) in [5.74, 6) is 1.12. The first kappa shape index (κ1) is 22.9. The van der Waals surface area contributed by atoms with Crippen LogP contribution >= 0.6 is 0 Å². The highest BCUT2D eigenvalue weighted by molar-refractivity contribution is 5.86. The van der Waals surface area contributed by atoms with Gasteiger partial charge in [-0.25, -0.2) is 0 Å². The Bertz CT molecular complexity index is 998. The van der Waals surface area contributed by atoms with Gasteiger partial charge in [0.2, 0.25) is 11.8 Å². The molecule has 1 aromatic heterocycles. The summed E-state index contributed by atoms with van der Waals surface area (Å²) >= 11 is 0. The molecule has 0 saturated carbocycles. The van der Waals surface area contributed by atoms with Crippen molar-refractivity contribution in [3.8, 4) is 5.75 Å². The lowest BCUT2D eigenvalue weighted by Crippen LogP contribution is -2.43. The summed E-state index contributed by atoms with van der Waals surface area (Å²) in [6.45, 7) is 4.76. The van der Waals surface area contributed by atoms with Gasteiger partial charge in [0, 0.05) is 13.1 Å². The van der Waals surface area contributed by atoms with Gasteiger partial charge in [0.25, 0.3) is 0 Å². The van der Waals surface area contributed by atoms with E-state index in [9.17, 15) is 9.59 Å². The molecule has 0 unspecified atom stereocenters. The Morgan fingerprint density at radius 1 is 0.906 bits per heavy atom. The average Bonchev–Trinajstić information content (AvgIpc) is 3.32. The number of ether oxygens (including phenoxy) is 1. The van der Waals surface area contributed by atoms with Crippen LogP contribution in [0.3, 0.4) is 0 Å². The van der Waals surface area contributed by atoms with E-state index in [1.165, 1.54) is 4.90 Å². The predicted molar refractivity (Wildman–Crippen MR) is 123 cm³/mol. The van der Waals surface area contributed by atoms with Crippen molar-refractivity contribution >= 4 is 11.8 Å².